The van der Waals surface area contributed by atoms with Gasteiger partial charge in [-0.15, -0.1) is 0 Å². The third-order valence-corrected chi connectivity index (χ3v) is 3.76. The van der Waals surface area contributed by atoms with Crippen LogP contribution in [0.4, 0.5) is 11.5 Å². The summed E-state index contributed by atoms with van der Waals surface area (Å²) in [6.45, 7) is 2.01. The first-order valence-electron chi connectivity index (χ1n) is 5.80. The maximum absolute atomic E-state index is 7.63. The number of aromatic nitrogens is 1. The first kappa shape index (κ1) is 13.5. The minimum atomic E-state index is 0.0521. The number of benzene rings is 1. The molecule has 5 heteroatoms. The van der Waals surface area contributed by atoms with Gasteiger partial charge in [0.1, 0.15) is 11.7 Å². The van der Waals surface area contributed by atoms with Gasteiger partial charge in [-0.3, -0.25) is 5.41 Å². The summed E-state index contributed by atoms with van der Waals surface area (Å²) in [6.07, 6.45) is 1.78. The Hall–Kier alpha value is -1.88. The molecule has 0 saturated carbocycles. The predicted molar refractivity (Wildman–Crippen MR) is 82.2 cm³/mol. The summed E-state index contributed by atoms with van der Waals surface area (Å²) in [4.78, 5) is 6.31. The van der Waals surface area contributed by atoms with Gasteiger partial charge in [0.2, 0.25) is 0 Å². The smallest absolute Gasteiger partial charge is 0.133 e. The number of aryl methyl sites for hydroxylation is 1. The van der Waals surface area contributed by atoms with E-state index in [2.05, 4.69) is 20.9 Å². The molecule has 4 nitrogen and oxygen atoms in total. The number of amidine groups is 1. The van der Waals surface area contributed by atoms with Gasteiger partial charge in [-0.1, -0.05) is 12.1 Å². The van der Waals surface area contributed by atoms with Crippen molar-refractivity contribution in [3.8, 4) is 0 Å². The number of nitrogens with zero attached hydrogens (tertiary/aromatic N) is 2. The van der Waals surface area contributed by atoms with Gasteiger partial charge in [0.25, 0.3) is 0 Å². The van der Waals surface area contributed by atoms with E-state index in [9.17, 15) is 0 Å². The standard InChI is InChI=1S/C14H15BrN4/c1-9-7-13(18-8-11(9)15)19(2)12-6-4-3-5-10(12)14(16)17/h3-8H,1-2H3,(H3,16,17). The van der Waals surface area contributed by atoms with E-state index in [0.717, 1.165) is 21.5 Å². The lowest BCUT2D eigenvalue weighted by Gasteiger charge is -2.21. The molecule has 0 amide bonds. The van der Waals surface area contributed by atoms with E-state index in [1.54, 1.807) is 6.20 Å². The molecule has 0 saturated heterocycles. The fourth-order valence-corrected chi connectivity index (χ4v) is 2.04. The monoisotopic (exact) mass is 318 g/mol. The molecule has 0 radical (unpaired) electrons. The van der Waals surface area contributed by atoms with Gasteiger partial charge in [-0.05, 0) is 46.6 Å². The van der Waals surface area contributed by atoms with Crippen LogP contribution in [0.25, 0.3) is 0 Å². The molecule has 2 rings (SSSR count). The summed E-state index contributed by atoms with van der Waals surface area (Å²) in [7, 11) is 1.91. The highest BCUT2D eigenvalue weighted by Gasteiger charge is 2.12. The molecular formula is C14H15BrN4. The number of anilines is 2. The van der Waals surface area contributed by atoms with E-state index < -0.39 is 0 Å². The minimum absolute atomic E-state index is 0.0521. The number of para-hydroxylation sites is 1. The first-order chi connectivity index (χ1) is 9.00. The summed E-state index contributed by atoms with van der Waals surface area (Å²) in [5.74, 6) is 0.866. The van der Waals surface area contributed by atoms with E-state index in [0.29, 0.717) is 5.56 Å². The van der Waals surface area contributed by atoms with Crippen LogP contribution in [0.1, 0.15) is 11.1 Å². The predicted octanol–water partition coefficient (Wildman–Crippen LogP) is 3.20. The highest BCUT2D eigenvalue weighted by Crippen LogP contribution is 2.27. The SMILES string of the molecule is Cc1cc(N(C)c2ccccc2C(=N)N)ncc1Br. The van der Waals surface area contributed by atoms with Crippen molar-refractivity contribution < 1.29 is 0 Å². The van der Waals surface area contributed by atoms with Crippen LogP contribution in [-0.4, -0.2) is 17.9 Å². The fraction of sp³-hybridized carbons (Fsp3) is 0.143. The highest BCUT2D eigenvalue weighted by atomic mass is 79.9. The molecule has 1 aromatic carbocycles. The number of nitrogen functional groups attached to an aromatic ring is 1. The first-order valence-corrected chi connectivity index (χ1v) is 6.59. The number of hydrogen-bond acceptors (Lipinski definition) is 3. The molecule has 0 aliphatic rings. The maximum Gasteiger partial charge on any atom is 0.133 e. The zero-order valence-corrected chi connectivity index (χ0v) is 12.4. The number of nitrogens with two attached hydrogens (primary N) is 1. The third-order valence-electron chi connectivity index (χ3n) is 2.93. The van der Waals surface area contributed by atoms with E-state index in [-0.39, 0.29) is 5.84 Å². The molecule has 19 heavy (non-hydrogen) atoms. The Morgan fingerprint density at radius 3 is 2.68 bits per heavy atom. The Bertz CT molecular complexity index is 625. The van der Waals surface area contributed by atoms with Gasteiger partial charge in [-0.25, -0.2) is 4.98 Å². The van der Waals surface area contributed by atoms with Crippen molar-refractivity contribution in [2.45, 2.75) is 6.92 Å². The molecule has 0 aliphatic heterocycles. The van der Waals surface area contributed by atoms with E-state index in [1.165, 1.54) is 0 Å². The number of nitrogens with one attached hydrogen (secondary N) is 1. The van der Waals surface area contributed by atoms with Crippen molar-refractivity contribution in [3.63, 3.8) is 0 Å². The zero-order valence-electron chi connectivity index (χ0n) is 10.8. The molecule has 0 unspecified atom stereocenters. The zero-order chi connectivity index (χ0) is 14.0. The van der Waals surface area contributed by atoms with Crippen LogP contribution in [0.15, 0.2) is 41.0 Å². The van der Waals surface area contributed by atoms with E-state index >= 15 is 0 Å². The number of halogens is 1. The Morgan fingerprint density at radius 2 is 2.05 bits per heavy atom. The molecule has 0 atom stereocenters. The van der Waals surface area contributed by atoms with Crippen molar-refractivity contribution in [1.82, 2.24) is 4.98 Å². The van der Waals surface area contributed by atoms with Crippen LogP contribution < -0.4 is 10.6 Å². The molecule has 98 valence electrons. The molecule has 1 heterocycles. The number of rotatable bonds is 3. The van der Waals surface area contributed by atoms with Crippen LogP contribution >= 0.6 is 15.9 Å². The third kappa shape index (κ3) is 2.76. The summed E-state index contributed by atoms with van der Waals surface area (Å²) in [5, 5.41) is 7.63. The molecule has 0 bridgehead atoms. The highest BCUT2D eigenvalue weighted by molar-refractivity contribution is 9.10. The van der Waals surface area contributed by atoms with Crippen LogP contribution in [0.5, 0.6) is 0 Å². The second kappa shape index (κ2) is 5.40. The second-order valence-electron chi connectivity index (χ2n) is 4.28. The summed E-state index contributed by atoms with van der Waals surface area (Å²) in [5.41, 5.74) is 8.29. The van der Waals surface area contributed by atoms with Crippen molar-refractivity contribution >= 4 is 33.3 Å². The number of hydrogen-bond donors (Lipinski definition) is 2. The fourth-order valence-electron chi connectivity index (χ4n) is 1.83. The Morgan fingerprint density at radius 1 is 1.37 bits per heavy atom. The molecular weight excluding hydrogens is 304 g/mol. The topological polar surface area (TPSA) is 66.0 Å². The quantitative estimate of drug-likeness (QED) is 0.674. The van der Waals surface area contributed by atoms with E-state index in [1.807, 2.05) is 49.2 Å². The van der Waals surface area contributed by atoms with Gasteiger partial charge < -0.3 is 10.6 Å². The maximum atomic E-state index is 7.63. The molecule has 3 N–H and O–H groups in total. The molecule has 0 aliphatic carbocycles. The summed E-state index contributed by atoms with van der Waals surface area (Å²) in [6, 6.07) is 9.54. The minimum Gasteiger partial charge on any atom is -0.384 e. The number of pyridine rings is 1. The van der Waals surface area contributed by atoms with Crippen LogP contribution in [0.3, 0.4) is 0 Å². The Balaban J connectivity index is 2.46. The lowest BCUT2D eigenvalue weighted by Crippen LogP contribution is -2.19. The van der Waals surface area contributed by atoms with Gasteiger partial charge in [0, 0.05) is 23.3 Å². The lowest BCUT2D eigenvalue weighted by molar-refractivity contribution is 1.11. The lowest BCUT2D eigenvalue weighted by atomic mass is 10.1. The molecule has 2 aromatic rings. The van der Waals surface area contributed by atoms with Crippen LogP contribution in [-0.2, 0) is 0 Å². The van der Waals surface area contributed by atoms with Crippen LogP contribution in [0.2, 0.25) is 0 Å². The second-order valence-corrected chi connectivity index (χ2v) is 5.14. The molecule has 1 aromatic heterocycles. The Labute approximate surface area is 120 Å². The largest absolute Gasteiger partial charge is 0.384 e. The molecule has 0 spiro atoms. The van der Waals surface area contributed by atoms with Crippen molar-refractivity contribution in [1.29, 1.82) is 5.41 Å². The van der Waals surface area contributed by atoms with Gasteiger partial charge >= 0.3 is 0 Å². The van der Waals surface area contributed by atoms with Gasteiger partial charge in [0.15, 0.2) is 0 Å². The average molecular weight is 319 g/mol. The Kier molecular flexibility index (Phi) is 3.85. The van der Waals surface area contributed by atoms with Crippen molar-refractivity contribution in [3.05, 3.63) is 52.1 Å². The van der Waals surface area contributed by atoms with Gasteiger partial charge in [-0.2, -0.15) is 0 Å². The van der Waals surface area contributed by atoms with Crippen molar-refractivity contribution in [2.75, 3.05) is 11.9 Å². The van der Waals surface area contributed by atoms with Crippen molar-refractivity contribution in [2.24, 2.45) is 5.73 Å². The van der Waals surface area contributed by atoms with Crippen LogP contribution in [0, 0.1) is 12.3 Å². The molecule has 0 fully saturated rings. The normalized spacial score (nSPS) is 10.3. The summed E-state index contributed by atoms with van der Waals surface area (Å²) >= 11 is 3.44. The average Bonchev–Trinajstić information content (AvgIpc) is 2.41. The van der Waals surface area contributed by atoms with Gasteiger partial charge in [0.05, 0.1) is 5.69 Å². The summed E-state index contributed by atoms with van der Waals surface area (Å²) < 4.78 is 0.976. The van der Waals surface area contributed by atoms with E-state index in [4.69, 9.17) is 11.1 Å².